The van der Waals surface area contributed by atoms with E-state index in [2.05, 4.69) is 25.1 Å². The molecule has 1 aliphatic rings. The lowest BCUT2D eigenvalue weighted by molar-refractivity contribution is -0.286. The second-order valence-corrected chi connectivity index (χ2v) is 6.51. The molecular weight excluding hydrogens is 416 g/mol. The van der Waals surface area contributed by atoms with Crippen molar-refractivity contribution in [3.8, 4) is 22.9 Å². The van der Waals surface area contributed by atoms with E-state index in [1.165, 1.54) is 26.3 Å². The summed E-state index contributed by atoms with van der Waals surface area (Å²) in [6, 6.07) is 9.50. The molecule has 2 aromatic carbocycles. The van der Waals surface area contributed by atoms with Gasteiger partial charge in [0, 0.05) is 12.6 Å². The van der Waals surface area contributed by atoms with Crippen LogP contribution in [-0.4, -0.2) is 38.9 Å². The minimum Gasteiger partial charge on any atom is -0.496 e. The largest absolute Gasteiger partial charge is 0.586 e. The Morgan fingerprint density at radius 1 is 1.19 bits per heavy atom. The lowest BCUT2D eigenvalue weighted by Crippen LogP contribution is -2.26. The van der Waals surface area contributed by atoms with E-state index in [0.717, 1.165) is 9.36 Å². The van der Waals surface area contributed by atoms with E-state index < -0.39 is 12.0 Å². The second-order valence-electron chi connectivity index (χ2n) is 6.51. The van der Waals surface area contributed by atoms with Crippen molar-refractivity contribution in [3.63, 3.8) is 0 Å². The SMILES string of the molecule is COc1cccc(-n2nnn(C)c2=O)c1CO/N=C(\C)c1cccc2c1OC(F)(F)O2. The highest BCUT2D eigenvalue weighted by Gasteiger charge is 2.44. The number of benzene rings is 2. The van der Waals surface area contributed by atoms with Crippen molar-refractivity contribution < 1.29 is 27.8 Å². The van der Waals surface area contributed by atoms with Crippen LogP contribution in [0.25, 0.3) is 5.69 Å². The number of alkyl halides is 2. The molecule has 31 heavy (non-hydrogen) atoms. The molecule has 0 saturated heterocycles. The topological polar surface area (TPSA) is 102 Å². The third-order valence-corrected chi connectivity index (χ3v) is 4.51. The van der Waals surface area contributed by atoms with Crippen LogP contribution in [0.4, 0.5) is 8.78 Å². The van der Waals surface area contributed by atoms with Gasteiger partial charge in [-0.1, -0.05) is 17.3 Å². The first-order valence-electron chi connectivity index (χ1n) is 9.02. The van der Waals surface area contributed by atoms with Gasteiger partial charge in [0.15, 0.2) is 11.5 Å². The smallest absolute Gasteiger partial charge is 0.496 e. The number of oxime groups is 1. The Balaban J connectivity index is 1.61. The molecule has 0 fully saturated rings. The Morgan fingerprint density at radius 2 is 1.97 bits per heavy atom. The molecule has 0 N–H and O–H groups in total. The van der Waals surface area contributed by atoms with Gasteiger partial charge in [-0.3, -0.25) is 0 Å². The van der Waals surface area contributed by atoms with E-state index in [-0.39, 0.29) is 23.8 Å². The van der Waals surface area contributed by atoms with E-state index in [1.807, 2.05) is 0 Å². The van der Waals surface area contributed by atoms with Gasteiger partial charge in [-0.2, -0.15) is 9.36 Å². The fourth-order valence-corrected chi connectivity index (χ4v) is 3.05. The number of fused-ring (bicyclic) bond motifs is 1. The van der Waals surface area contributed by atoms with Gasteiger partial charge in [-0.25, -0.2) is 4.79 Å². The van der Waals surface area contributed by atoms with Crippen LogP contribution in [0.15, 0.2) is 46.3 Å². The molecule has 0 aliphatic carbocycles. The lowest BCUT2D eigenvalue weighted by Gasteiger charge is -2.12. The number of aryl methyl sites for hydroxylation is 1. The maximum atomic E-state index is 13.4. The van der Waals surface area contributed by atoms with Crippen LogP contribution >= 0.6 is 0 Å². The summed E-state index contributed by atoms with van der Waals surface area (Å²) in [6.45, 7) is 1.48. The van der Waals surface area contributed by atoms with Crippen LogP contribution in [0.5, 0.6) is 17.2 Å². The minimum atomic E-state index is -3.74. The van der Waals surface area contributed by atoms with Gasteiger partial charge in [0.1, 0.15) is 12.4 Å². The molecule has 0 bridgehead atoms. The van der Waals surface area contributed by atoms with Crippen LogP contribution < -0.4 is 19.9 Å². The fourth-order valence-electron chi connectivity index (χ4n) is 3.05. The number of para-hydroxylation sites is 1. The van der Waals surface area contributed by atoms with Crippen LogP contribution in [0, 0.1) is 0 Å². The van der Waals surface area contributed by atoms with Gasteiger partial charge in [0.2, 0.25) is 0 Å². The zero-order valence-corrected chi connectivity index (χ0v) is 16.7. The maximum absolute atomic E-state index is 13.4. The van der Waals surface area contributed by atoms with Gasteiger partial charge < -0.3 is 19.0 Å². The molecular formula is C19H17F2N5O5. The highest BCUT2D eigenvalue weighted by Crippen LogP contribution is 2.43. The van der Waals surface area contributed by atoms with Gasteiger partial charge in [-0.15, -0.1) is 8.78 Å². The number of nitrogens with zero attached hydrogens (tertiary/aromatic N) is 5. The zero-order chi connectivity index (χ0) is 22.2. The number of methoxy groups -OCH3 is 1. The van der Waals surface area contributed by atoms with E-state index >= 15 is 0 Å². The predicted octanol–water partition coefficient (Wildman–Crippen LogP) is 2.24. The van der Waals surface area contributed by atoms with Gasteiger partial charge in [-0.05, 0) is 41.6 Å². The fraction of sp³-hybridized carbons (Fsp3) is 0.263. The van der Waals surface area contributed by atoms with Crippen molar-refractivity contribution in [2.75, 3.05) is 7.11 Å². The van der Waals surface area contributed by atoms with Gasteiger partial charge in [0.25, 0.3) is 0 Å². The molecule has 12 heteroatoms. The highest BCUT2D eigenvalue weighted by atomic mass is 19.3. The van der Waals surface area contributed by atoms with E-state index in [1.54, 1.807) is 31.2 Å². The highest BCUT2D eigenvalue weighted by molar-refractivity contribution is 6.01. The van der Waals surface area contributed by atoms with Gasteiger partial charge in [0.05, 0.1) is 24.1 Å². The number of hydrogen-bond donors (Lipinski definition) is 0. The van der Waals surface area contributed by atoms with E-state index in [9.17, 15) is 13.6 Å². The molecule has 0 radical (unpaired) electrons. The maximum Gasteiger partial charge on any atom is 0.586 e. The van der Waals surface area contributed by atoms with Crippen molar-refractivity contribution in [1.82, 2.24) is 19.8 Å². The molecule has 3 aromatic rings. The number of ether oxygens (including phenoxy) is 3. The summed E-state index contributed by atoms with van der Waals surface area (Å²) >= 11 is 0. The first-order chi connectivity index (χ1) is 14.8. The summed E-state index contributed by atoms with van der Waals surface area (Å²) in [4.78, 5) is 17.7. The Labute approximate surface area is 174 Å². The molecule has 0 saturated carbocycles. The van der Waals surface area contributed by atoms with Crippen molar-refractivity contribution in [2.45, 2.75) is 19.8 Å². The number of tetrazole rings is 1. The average molecular weight is 433 g/mol. The molecule has 2 heterocycles. The Hall–Kier alpha value is -3.96. The Morgan fingerprint density at radius 3 is 2.68 bits per heavy atom. The van der Waals surface area contributed by atoms with Crippen molar-refractivity contribution >= 4 is 5.71 Å². The normalized spacial score (nSPS) is 14.5. The zero-order valence-electron chi connectivity index (χ0n) is 16.7. The number of halogens is 2. The number of hydrogen-bond acceptors (Lipinski definition) is 8. The van der Waals surface area contributed by atoms with Crippen molar-refractivity contribution in [3.05, 3.63) is 58.0 Å². The van der Waals surface area contributed by atoms with Crippen molar-refractivity contribution in [1.29, 1.82) is 0 Å². The van der Waals surface area contributed by atoms with Crippen LogP contribution in [0.1, 0.15) is 18.1 Å². The van der Waals surface area contributed by atoms with Gasteiger partial charge >= 0.3 is 12.0 Å². The predicted molar refractivity (Wildman–Crippen MR) is 103 cm³/mol. The summed E-state index contributed by atoms with van der Waals surface area (Å²) in [6.07, 6.45) is -3.74. The first kappa shape index (κ1) is 20.3. The van der Waals surface area contributed by atoms with Crippen molar-refractivity contribution in [2.24, 2.45) is 12.2 Å². The molecule has 10 nitrogen and oxygen atoms in total. The average Bonchev–Trinajstić information content (AvgIpc) is 3.24. The lowest BCUT2D eigenvalue weighted by atomic mass is 10.1. The first-order valence-corrected chi connectivity index (χ1v) is 9.02. The summed E-state index contributed by atoms with van der Waals surface area (Å²) < 4.78 is 43.4. The monoisotopic (exact) mass is 433 g/mol. The molecule has 0 unspecified atom stereocenters. The molecule has 162 valence electrons. The van der Waals surface area contributed by atoms with E-state index in [4.69, 9.17) is 9.57 Å². The molecule has 4 rings (SSSR count). The molecule has 0 spiro atoms. The molecule has 0 atom stereocenters. The summed E-state index contributed by atoms with van der Waals surface area (Å²) in [5.41, 5.74) is 1.02. The third-order valence-electron chi connectivity index (χ3n) is 4.51. The van der Waals surface area contributed by atoms with Crippen LogP contribution in [0.3, 0.4) is 0 Å². The number of aromatic nitrogens is 4. The quantitative estimate of drug-likeness (QED) is 0.434. The second kappa shape index (κ2) is 7.70. The minimum absolute atomic E-state index is 0.0916. The molecule has 1 aromatic heterocycles. The molecule has 1 aliphatic heterocycles. The molecule has 0 amide bonds. The number of rotatable bonds is 6. The summed E-state index contributed by atoms with van der Waals surface area (Å²) in [5.74, 6) is 0.229. The standard InChI is InChI=1S/C19H17F2N5O5/c1-11(12-6-4-9-16-17(12)31-19(20,21)30-16)22-29-10-13-14(7-5-8-15(13)28-3)26-18(27)25(2)23-24-26/h4-9H,10H2,1-3H3/b22-11+. The Bertz CT molecular complexity index is 1220. The van der Waals surface area contributed by atoms with Crippen LogP contribution in [-0.2, 0) is 18.5 Å². The summed E-state index contributed by atoms with van der Waals surface area (Å²) in [7, 11) is 2.95. The summed E-state index contributed by atoms with van der Waals surface area (Å²) in [5, 5.41) is 11.5. The van der Waals surface area contributed by atoms with E-state index in [0.29, 0.717) is 22.6 Å². The van der Waals surface area contributed by atoms with Crippen LogP contribution in [0.2, 0.25) is 0 Å². The Kier molecular flexibility index (Phi) is 5.05. The third kappa shape index (κ3) is 3.79.